The van der Waals surface area contributed by atoms with Crippen LogP contribution in [0.2, 0.25) is 0 Å². The van der Waals surface area contributed by atoms with Crippen molar-refractivity contribution in [3.05, 3.63) is 83.2 Å². The Morgan fingerprint density at radius 1 is 1.04 bits per heavy atom. The number of nitrogen functional groups attached to an aromatic ring is 1. The van der Waals surface area contributed by atoms with Crippen molar-refractivity contribution in [2.24, 2.45) is 0 Å². The molecular formula is C21H14N4S. The predicted molar refractivity (Wildman–Crippen MR) is 107 cm³/mol. The molecule has 4 nitrogen and oxygen atoms in total. The van der Waals surface area contributed by atoms with E-state index in [-0.39, 0.29) is 0 Å². The zero-order chi connectivity index (χ0) is 18.1. The van der Waals surface area contributed by atoms with Crippen molar-refractivity contribution in [1.82, 2.24) is 9.97 Å². The number of rotatable bonds is 3. The lowest BCUT2D eigenvalue weighted by Crippen LogP contribution is -1.96. The molecule has 4 aromatic rings. The second kappa shape index (κ2) is 6.43. The summed E-state index contributed by atoms with van der Waals surface area (Å²) >= 11 is 1.54. The number of nitriles is 1. The molecule has 0 aliphatic heterocycles. The Balaban J connectivity index is 1.81. The molecule has 0 unspecified atom stereocenters. The molecule has 0 aliphatic rings. The van der Waals surface area contributed by atoms with E-state index in [1.807, 2.05) is 48.5 Å². The third-order valence-electron chi connectivity index (χ3n) is 4.09. The molecule has 2 N–H and O–H groups in total. The van der Waals surface area contributed by atoms with Crippen LogP contribution in [0.3, 0.4) is 0 Å². The first kappa shape index (κ1) is 16.0. The second-order valence-corrected chi connectivity index (χ2v) is 6.83. The lowest BCUT2D eigenvalue weighted by molar-refractivity contribution is 1.24. The maximum absolute atomic E-state index is 9.08. The van der Waals surface area contributed by atoms with Crippen LogP contribution in [0.1, 0.15) is 16.0 Å². The van der Waals surface area contributed by atoms with Gasteiger partial charge in [0.25, 0.3) is 0 Å². The molecule has 26 heavy (non-hydrogen) atoms. The maximum Gasteiger partial charge on any atom is 0.163 e. The number of hydrogen-bond donors (Lipinski definition) is 1. The average molecular weight is 354 g/mol. The second-order valence-electron chi connectivity index (χ2n) is 5.80. The molecule has 0 spiro atoms. The fraction of sp³-hybridized carbons (Fsp3) is 0. The van der Waals surface area contributed by atoms with Crippen LogP contribution in [0.4, 0.5) is 5.82 Å². The van der Waals surface area contributed by atoms with E-state index in [2.05, 4.69) is 22.6 Å². The molecular weight excluding hydrogens is 340 g/mol. The van der Waals surface area contributed by atoms with Gasteiger partial charge in [0.05, 0.1) is 17.0 Å². The summed E-state index contributed by atoms with van der Waals surface area (Å²) in [6.07, 6.45) is 0. The van der Waals surface area contributed by atoms with E-state index in [1.54, 1.807) is 12.1 Å². The first-order chi connectivity index (χ1) is 12.7. The van der Waals surface area contributed by atoms with E-state index in [0.29, 0.717) is 17.2 Å². The zero-order valence-corrected chi connectivity index (χ0v) is 14.6. The topological polar surface area (TPSA) is 75.6 Å². The van der Waals surface area contributed by atoms with Crippen molar-refractivity contribution in [3.8, 4) is 17.5 Å². The summed E-state index contributed by atoms with van der Waals surface area (Å²) in [4.78, 5) is 10.9. The molecule has 5 heteroatoms. The Labute approximate surface area is 154 Å². The number of benzene rings is 2. The number of anilines is 1. The molecule has 0 amide bonds. The third kappa shape index (κ3) is 2.83. The Bertz CT molecular complexity index is 1170. The van der Waals surface area contributed by atoms with Gasteiger partial charge in [-0.3, -0.25) is 0 Å². The van der Waals surface area contributed by atoms with Gasteiger partial charge in [0.2, 0.25) is 0 Å². The number of nitrogens with zero attached hydrogens (tertiary/aromatic N) is 3. The Morgan fingerprint density at radius 3 is 2.62 bits per heavy atom. The summed E-state index contributed by atoms with van der Waals surface area (Å²) < 4.78 is 0. The first-order valence-electron chi connectivity index (χ1n) is 7.98. The molecule has 0 aliphatic carbocycles. The van der Waals surface area contributed by atoms with Crippen LogP contribution in [-0.4, -0.2) is 9.97 Å². The summed E-state index contributed by atoms with van der Waals surface area (Å²) in [5.74, 6) is 0.946. The number of hydrogen-bond acceptors (Lipinski definition) is 5. The average Bonchev–Trinajstić information content (AvgIpc) is 3.13. The van der Waals surface area contributed by atoms with Gasteiger partial charge in [0.1, 0.15) is 10.6 Å². The van der Waals surface area contributed by atoms with Gasteiger partial charge in [0, 0.05) is 10.4 Å². The van der Waals surface area contributed by atoms with Crippen LogP contribution in [-0.2, 0) is 0 Å². The molecule has 0 bridgehead atoms. The van der Waals surface area contributed by atoms with E-state index in [1.165, 1.54) is 11.3 Å². The Hall–Kier alpha value is -3.49. The fourth-order valence-electron chi connectivity index (χ4n) is 2.73. The lowest BCUT2D eigenvalue weighted by atomic mass is 10.1. The van der Waals surface area contributed by atoms with Crippen LogP contribution in [0.5, 0.6) is 0 Å². The number of aromatic nitrogens is 2. The minimum absolute atomic E-state index is 0.427. The van der Waals surface area contributed by atoms with Crippen LogP contribution in [0.25, 0.3) is 27.2 Å². The summed E-state index contributed by atoms with van der Waals surface area (Å²) in [5.41, 5.74) is 9.51. The summed E-state index contributed by atoms with van der Waals surface area (Å²) in [7, 11) is 0. The summed E-state index contributed by atoms with van der Waals surface area (Å²) in [6, 6.07) is 21.3. The smallest absolute Gasteiger partial charge is 0.163 e. The minimum atomic E-state index is 0.427. The van der Waals surface area contributed by atoms with E-state index in [4.69, 9.17) is 11.0 Å². The molecule has 2 heterocycles. The monoisotopic (exact) mass is 354 g/mol. The van der Waals surface area contributed by atoms with Crippen LogP contribution >= 0.6 is 11.3 Å². The standard InChI is InChI=1S/C21H14N4S/c1-13(15-7-3-2-4-8-15)18-11-17-19(23)24-20(25-21(17)26-18)16-9-5-6-14(10-16)12-22/h2-11H,1H2,(H2,23,24,25). The molecule has 2 aromatic heterocycles. The normalized spacial score (nSPS) is 10.6. The van der Waals surface area contributed by atoms with E-state index < -0.39 is 0 Å². The van der Waals surface area contributed by atoms with E-state index in [9.17, 15) is 0 Å². The van der Waals surface area contributed by atoms with E-state index >= 15 is 0 Å². The van der Waals surface area contributed by atoms with Crippen molar-refractivity contribution in [2.75, 3.05) is 5.73 Å². The molecule has 0 saturated heterocycles. The summed E-state index contributed by atoms with van der Waals surface area (Å²) in [6.45, 7) is 4.21. The van der Waals surface area contributed by atoms with Gasteiger partial charge in [-0.2, -0.15) is 5.26 Å². The zero-order valence-electron chi connectivity index (χ0n) is 13.8. The van der Waals surface area contributed by atoms with Gasteiger partial charge in [0.15, 0.2) is 5.82 Å². The van der Waals surface area contributed by atoms with Crippen molar-refractivity contribution in [2.45, 2.75) is 0 Å². The van der Waals surface area contributed by atoms with Gasteiger partial charge in [-0.1, -0.05) is 49.0 Å². The number of fused-ring (bicyclic) bond motifs is 1. The highest BCUT2D eigenvalue weighted by molar-refractivity contribution is 7.19. The largest absolute Gasteiger partial charge is 0.383 e. The lowest BCUT2D eigenvalue weighted by Gasteiger charge is -2.02. The van der Waals surface area contributed by atoms with Crippen molar-refractivity contribution < 1.29 is 0 Å². The predicted octanol–water partition coefficient (Wildman–Crippen LogP) is 4.87. The van der Waals surface area contributed by atoms with Gasteiger partial charge in [-0.25, -0.2) is 9.97 Å². The minimum Gasteiger partial charge on any atom is -0.383 e. The van der Waals surface area contributed by atoms with Crippen LogP contribution in [0, 0.1) is 11.3 Å². The first-order valence-corrected chi connectivity index (χ1v) is 8.79. The SMILES string of the molecule is C=C(c1ccccc1)c1cc2c(N)nc(-c3cccc(C#N)c3)nc2s1. The van der Waals surface area contributed by atoms with Gasteiger partial charge in [-0.15, -0.1) is 11.3 Å². The van der Waals surface area contributed by atoms with E-state index in [0.717, 1.165) is 31.8 Å². The van der Waals surface area contributed by atoms with Crippen molar-refractivity contribution in [3.63, 3.8) is 0 Å². The molecule has 0 fully saturated rings. The van der Waals surface area contributed by atoms with Gasteiger partial charge >= 0.3 is 0 Å². The Morgan fingerprint density at radius 2 is 1.85 bits per heavy atom. The molecule has 0 saturated carbocycles. The molecule has 4 rings (SSSR count). The van der Waals surface area contributed by atoms with Gasteiger partial charge in [-0.05, 0) is 29.3 Å². The number of nitrogens with two attached hydrogens (primary N) is 1. The Kier molecular flexibility index (Phi) is 3.96. The molecule has 2 aromatic carbocycles. The fourth-order valence-corrected chi connectivity index (χ4v) is 3.76. The molecule has 0 atom stereocenters. The highest BCUT2D eigenvalue weighted by Gasteiger charge is 2.13. The van der Waals surface area contributed by atoms with Crippen molar-refractivity contribution in [1.29, 1.82) is 5.26 Å². The highest BCUT2D eigenvalue weighted by Crippen LogP contribution is 2.35. The van der Waals surface area contributed by atoms with Gasteiger partial charge < -0.3 is 5.73 Å². The summed E-state index contributed by atoms with van der Waals surface area (Å²) in [5, 5.41) is 9.91. The quantitative estimate of drug-likeness (QED) is 0.569. The highest BCUT2D eigenvalue weighted by atomic mass is 32.1. The molecule has 0 radical (unpaired) electrons. The number of thiophene rings is 1. The third-order valence-corrected chi connectivity index (χ3v) is 5.18. The van der Waals surface area contributed by atoms with Crippen LogP contribution < -0.4 is 5.73 Å². The van der Waals surface area contributed by atoms with Crippen LogP contribution in [0.15, 0.2) is 67.2 Å². The maximum atomic E-state index is 9.08. The molecule has 124 valence electrons. The van der Waals surface area contributed by atoms with Crippen molar-refractivity contribution >= 4 is 32.9 Å².